The number of nitrogens with zero attached hydrogens (tertiary/aromatic N) is 2. The first-order valence-corrected chi connectivity index (χ1v) is 13.9. The van der Waals surface area contributed by atoms with Gasteiger partial charge in [-0.1, -0.05) is 24.0 Å². The van der Waals surface area contributed by atoms with E-state index in [0.29, 0.717) is 35.8 Å². The van der Waals surface area contributed by atoms with Gasteiger partial charge in [0.05, 0.1) is 28.8 Å². The van der Waals surface area contributed by atoms with E-state index in [1.54, 1.807) is 11.3 Å². The summed E-state index contributed by atoms with van der Waals surface area (Å²) in [6.45, 7) is 0.179. The van der Waals surface area contributed by atoms with Crippen LogP contribution in [0.15, 0.2) is 40.5 Å². The molecule has 39 heavy (non-hydrogen) atoms. The standard InChI is InChI=1S/C29H26F3N3O3S/c30-29(31,32)20-4-1-3-19(14-20)24(36)26(38)35-12-2-5-22-21(15-35)25(37)34-27(33-22)28(10-11-28)23-13-18(16-39-23)9-8-17-6-7-17/h1,3-4,13-14,16-17,24,36H,2,5-7,10-12,15H2,(H,33,34,37). The zero-order valence-electron chi connectivity index (χ0n) is 21.0. The minimum Gasteiger partial charge on any atom is -0.378 e. The maximum absolute atomic E-state index is 13.3. The molecule has 2 fully saturated rings. The van der Waals surface area contributed by atoms with E-state index in [1.165, 1.54) is 23.8 Å². The molecule has 2 saturated carbocycles. The third kappa shape index (κ3) is 5.13. The predicted molar refractivity (Wildman–Crippen MR) is 139 cm³/mol. The maximum Gasteiger partial charge on any atom is 0.416 e. The molecule has 1 amide bonds. The lowest BCUT2D eigenvalue weighted by molar-refractivity contribution is -0.142. The van der Waals surface area contributed by atoms with Crippen LogP contribution in [0.5, 0.6) is 0 Å². The molecule has 202 valence electrons. The molecule has 2 aliphatic carbocycles. The average molecular weight is 554 g/mol. The lowest BCUT2D eigenvalue weighted by Crippen LogP contribution is -2.36. The van der Waals surface area contributed by atoms with Gasteiger partial charge in [0.2, 0.25) is 0 Å². The summed E-state index contributed by atoms with van der Waals surface area (Å²) in [4.78, 5) is 36.6. The fraction of sp³-hybridized carbons (Fsp3) is 0.414. The molecule has 1 aliphatic heterocycles. The highest BCUT2D eigenvalue weighted by Gasteiger charge is 2.50. The van der Waals surface area contributed by atoms with Crippen LogP contribution < -0.4 is 5.56 Å². The number of benzene rings is 1. The Kier molecular flexibility index (Phi) is 6.39. The van der Waals surface area contributed by atoms with Gasteiger partial charge in [-0.05, 0) is 62.3 Å². The molecule has 3 aromatic rings. The number of nitrogens with one attached hydrogen (secondary N) is 1. The molecule has 1 aromatic carbocycles. The molecule has 2 aromatic heterocycles. The number of hydrogen-bond donors (Lipinski definition) is 2. The van der Waals surface area contributed by atoms with Gasteiger partial charge in [0.15, 0.2) is 6.10 Å². The lowest BCUT2D eigenvalue weighted by Gasteiger charge is -2.24. The topological polar surface area (TPSA) is 86.3 Å². The van der Waals surface area contributed by atoms with E-state index >= 15 is 0 Å². The molecule has 3 heterocycles. The van der Waals surface area contributed by atoms with Gasteiger partial charge in [-0.25, -0.2) is 4.98 Å². The number of aliphatic hydroxyl groups is 1. The highest BCUT2D eigenvalue weighted by Crippen LogP contribution is 2.54. The molecule has 6 nitrogen and oxygen atoms in total. The zero-order valence-corrected chi connectivity index (χ0v) is 21.8. The largest absolute Gasteiger partial charge is 0.416 e. The van der Waals surface area contributed by atoms with E-state index in [4.69, 9.17) is 4.98 Å². The monoisotopic (exact) mass is 553 g/mol. The van der Waals surface area contributed by atoms with Crippen LogP contribution in [0.2, 0.25) is 0 Å². The summed E-state index contributed by atoms with van der Waals surface area (Å²) in [6, 6.07) is 6.20. The van der Waals surface area contributed by atoms with E-state index in [9.17, 15) is 27.9 Å². The second-order valence-electron chi connectivity index (χ2n) is 10.6. The third-order valence-electron chi connectivity index (χ3n) is 7.64. The van der Waals surface area contributed by atoms with Crippen molar-refractivity contribution in [2.45, 2.75) is 62.8 Å². The molecule has 3 aliphatic rings. The van der Waals surface area contributed by atoms with Crippen molar-refractivity contribution in [2.75, 3.05) is 6.54 Å². The van der Waals surface area contributed by atoms with Crippen molar-refractivity contribution in [3.8, 4) is 11.8 Å². The number of H-pyrrole nitrogens is 1. The molecule has 0 radical (unpaired) electrons. The van der Waals surface area contributed by atoms with Gasteiger partial charge in [-0.15, -0.1) is 11.3 Å². The van der Waals surface area contributed by atoms with Crippen molar-refractivity contribution in [3.05, 3.63) is 84.7 Å². The van der Waals surface area contributed by atoms with E-state index < -0.39 is 23.8 Å². The molecule has 10 heteroatoms. The van der Waals surface area contributed by atoms with Gasteiger partial charge >= 0.3 is 6.18 Å². The number of aromatic amines is 1. The van der Waals surface area contributed by atoms with Crippen LogP contribution in [-0.2, 0) is 29.4 Å². The number of carbonyl (C=O) groups excluding carboxylic acids is 1. The van der Waals surface area contributed by atoms with Gasteiger partial charge in [0, 0.05) is 28.3 Å². The fourth-order valence-corrected chi connectivity index (χ4v) is 6.13. The van der Waals surface area contributed by atoms with Gasteiger partial charge in [-0.2, -0.15) is 13.2 Å². The summed E-state index contributed by atoms with van der Waals surface area (Å²) in [5.74, 6) is 6.92. The van der Waals surface area contributed by atoms with Crippen LogP contribution in [0, 0.1) is 17.8 Å². The number of hydrogen-bond acceptors (Lipinski definition) is 5. The number of alkyl halides is 3. The zero-order chi connectivity index (χ0) is 27.4. The highest BCUT2D eigenvalue weighted by molar-refractivity contribution is 7.10. The number of thiophene rings is 1. The number of carbonyl (C=O) groups is 1. The Bertz CT molecular complexity index is 1560. The summed E-state index contributed by atoms with van der Waals surface area (Å²) in [6.07, 6.45) is -1.29. The first kappa shape index (κ1) is 25.8. The van der Waals surface area contributed by atoms with E-state index in [1.807, 2.05) is 5.38 Å². The van der Waals surface area contributed by atoms with Crippen molar-refractivity contribution in [1.82, 2.24) is 14.9 Å². The van der Waals surface area contributed by atoms with Crippen molar-refractivity contribution in [3.63, 3.8) is 0 Å². The second-order valence-corrected chi connectivity index (χ2v) is 11.5. The summed E-state index contributed by atoms with van der Waals surface area (Å²) in [7, 11) is 0. The highest BCUT2D eigenvalue weighted by atomic mass is 32.1. The van der Waals surface area contributed by atoms with Crippen LogP contribution in [0.4, 0.5) is 13.2 Å². The minimum atomic E-state index is -4.59. The lowest BCUT2D eigenvalue weighted by atomic mass is 10.0. The number of aliphatic hydroxyl groups excluding tert-OH is 1. The van der Waals surface area contributed by atoms with E-state index in [-0.39, 0.29) is 29.6 Å². The van der Waals surface area contributed by atoms with Crippen LogP contribution in [0.3, 0.4) is 0 Å². The van der Waals surface area contributed by atoms with Gasteiger partial charge < -0.3 is 15.0 Å². The fourth-order valence-electron chi connectivity index (χ4n) is 5.03. The molecule has 0 bridgehead atoms. The van der Waals surface area contributed by atoms with Crippen LogP contribution in [0.1, 0.15) is 76.9 Å². The number of halogens is 3. The third-order valence-corrected chi connectivity index (χ3v) is 8.77. The van der Waals surface area contributed by atoms with E-state index in [0.717, 1.165) is 41.5 Å². The smallest absolute Gasteiger partial charge is 0.378 e. The van der Waals surface area contributed by atoms with Crippen molar-refractivity contribution in [2.24, 2.45) is 5.92 Å². The Hall–Kier alpha value is -3.42. The SMILES string of the molecule is O=C(C(O)c1cccc(C(F)(F)F)c1)N1CCCc2nc(C3(c4cc(C#CC5CC5)cs4)CC3)[nH]c(=O)c2C1. The number of rotatable bonds is 4. The van der Waals surface area contributed by atoms with Gasteiger partial charge in [0.25, 0.3) is 11.5 Å². The first-order chi connectivity index (χ1) is 18.6. The normalized spacial score (nSPS) is 18.9. The summed E-state index contributed by atoms with van der Waals surface area (Å²) in [5.41, 5.74) is 0.198. The molecule has 0 spiro atoms. The molecular formula is C29H26F3N3O3S. The molecular weight excluding hydrogens is 527 g/mol. The molecule has 0 saturated heterocycles. The molecule has 2 N–H and O–H groups in total. The second kappa shape index (κ2) is 9.65. The Morgan fingerprint density at radius 2 is 2.05 bits per heavy atom. The average Bonchev–Trinajstić information content (AvgIpc) is 3.84. The Labute approximate surface area is 226 Å². The number of aryl methyl sites for hydroxylation is 1. The summed E-state index contributed by atoms with van der Waals surface area (Å²) in [5, 5.41) is 12.7. The first-order valence-electron chi connectivity index (χ1n) is 13.0. The Balaban J connectivity index is 1.23. The van der Waals surface area contributed by atoms with Gasteiger partial charge in [-0.3, -0.25) is 9.59 Å². The summed E-state index contributed by atoms with van der Waals surface area (Å²) < 4.78 is 39.4. The van der Waals surface area contributed by atoms with Crippen molar-refractivity contribution in [1.29, 1.82) is 0 Å². The van der Waals surface area contributed by atoms with E-state index in [2.05, 4.69) is 22.9 Å². The number of aromatic nitrogens is 2. The maximum atomic E-state index is 13.3. The molecule has 6 rings (SSSR count). The Morgan fingerprint density at radius 1 is 1.26 bits per heavy atom. The number of fused-ring (bicyclic) bond motifs is 1. The van der Waals surface area contributed by atoms with Crippen LogP contribution in [0.25, 0.3) is 0 Å². The Morgan fingerprint density at radius 3 is 2.77 bits per heavy atom. The predicted octanol–water partition coefficient (Wildman–Crippen LogP) is 4.70. The quantitative estimate of drug-likeness (QED) is 0.459. The van der Waals surface area contributed by atoms with Crippen molar-refractivity contribution < 1.29 is 23.1 Å². The van der Waals surface area contributed by atoms with Gasteiger partial charge in [0.1, 0.15) is 5.82 Å². The van der Waals surface area contributed by atoms with Crippen LogP contribution >= 0.6 is 11.3 Å². The minimum absolute atomic E-state index is 0.0697. The van der Waals surface area contributed by atoms with Crippen molar-refractivity contribution >= 4 is 17.2 Å². The molecule has 1 unspecified atom stereocenters. The summed E-state index contributed by atoms with van der Waals surface area (Å²) >= 11 is 1.63. The molecule has 1 atom stereocenters. The van der Waals surface area contributed by atoms with Crippen LogP contribution in [-0.4, -0.2) is 32.4 Å². The number of amides is 1.